The fourth-order valence-electron chi connectivity index (χ4n) is 3.20. The second kappa shape index (κ2) is 6.08. The highest BCUT2D eigenvalue weighted by molar-refractivity contribution is 5.99. The molecule has 22 heavy (non-hydrogen) atoms. The van der Waals surface area contributed by atoms with Crippen LogP contribution < -0.4 is 0 Å². The molecular weight excluding hydrogens is 284 g/mol. The summed E-state index contributed by atoms with van der Waals surface area (Å²) in [6.45, 7) is 4.05. The lowest BCUT2D eigenvalue weighted by Gasteiger charge is -2.46. The maximum Gasteiger partial charge on any atom is 0.321 e. The summed E-state index contributed by atoms with van der Waals surface area (Å²) in [5, 5.41) is 18.3. The van der Waals surface area contributed by atoms with Crippen LogP contribution in [0.5, 0.6) is 0 Å². The van der Waals surface area contributed by atoms with Gasteiger partial charge in [-0.2, -0.15) is 0 Å². The zero-order chi connectivity index (χ0) is 16.4. The van der Waals surface area contributed by atoms with Gasteiger partial charge in [-0.25, -0.2) is 0 Å². The normalized spacial score (nSPS) is 17.7. The minimum absolute atomic E-state index is 0.0201. The number of carboxylic acids is 2. The van der Waals surface area contributed by atoms with Gasteiger partial charge in [-0.05, 0) is 18.4 Å². The minimum Gasteiger partial charge on any atom is -0.480 e. The first kappa shape index (κ1) is 16.5. The van der Waals surface area contributed by atoms with E-state index in [4.69, 9.17) is 14.9 Å². The first-order valence-corrected chi connectivity index (χ1v) is 7.60. The van der Waals surface area contributed by atoms with Gasteiger partial charge in [0, 0.05) is 12.8 Å². The Bertz CT molecular complexity index is 525. The van der Waals surface area contributed by atoms with E-state index in [0.29, 0.717) is 0 Å². The molecule has 0 aliphatic heterocycles. The van der Waals surface area contributed by atoms with Crippen molar-refractivity contribution in [3.8, 4) is 0 Å². The van der Waals surface area contributed by atoms with Crippen LogP contribution in [0.2, 0.25) is 0 Å². The predicted octanol–water partition coefficient (Wildman–Crippen LogP) is 3.04. The summed E-state index contributed by atoms with van der Waals surface area (Å²) in [4.78, 5) is 22.5. The summed E-state index contributed by atoms with van der Waals surface area (Å²) in [5.41, 5.74) is -1.13. The first-order chi connectivity index (χ1) is 10.4. The third-order valence-corrected chi connectivity index (χ3v) is 4.81. The molecule has 0 amide bonds. The molecule has 0 atom stereocenters. The highest BCUT2D eigenvalue weighted by atomic mass is 16.5. The smallest absolute Gasteiger partial charge is 0.321 e. The summed E-state index contributed by atoms with van der Waals surface area (Å²) in [7, 11) is 0. The van der Waals surface area contributed by atoms with Gasteiger partial charge in [0.1, 0.15) is 0 Å². The third kappa shape index (κ3) is 2.61. The highest BCUT2D eigenvalue weighted by Crippen LogP contribution is 2.47. The molecule has 5 nitrogen and oxygen atoms in total. The Kier molecular flexibility index (Phi) is 4.56. The van der Waals surface area contributed by atoms with Crippen LogP contribution in [0, 0.1) is 5.41 Å². The fourth-order valence-corrected chi connectivity index (χ4v) is 3.20. The summed E-state index contributed by atoms with van der Waals surface area (Å²) in [5.74, 6) is -2.56. The molecule has 5 heteroatoms. The lowest BCUT2D eigenvalue weighted by molar-refractivity contribution is -0.202. The van der Waals surface area contributed by atoms with Crippen molar-refractivity contribution >= 4 is 11.9 Å². The highest BCUT2D eigenvalue weighted by Gasteiger charge is 2.58. The van der Waals surface area contributed by atoms with Gasteiger partial charge < -0.3 is 14.9 Å². The molecular formula is C17H22O5. The SMILES string of the molecule is CCC(CC)(OC1CC(C(=O)O)(C(=O)O)C1)c1ccccc1. The van der Waals surface area contributed by atoms with E-state index < -0.39 is 23.0 Å². The summed E-state index contributed by atoms with van der Waals surface area (Å²) in [6.07, 6.45) is 1.19. The molecule has 0 saturated heterocycles. The topological polar surface area (TPSA) is 83.8 Å². The van der Waals surface area contributed by atoms with Gasteiger partial charge in [-0.15, -0.1) is 0 Å². The lowest BCUT2D eigenvalue weighted by atomic mass is 9.66. The van der Waals surface area contributed by atoms with E-state index in [1.807, 2.05) is 44.2 Å². The third-order valence-electron chi connectivity index (χ3n) is 4.81. The number of rotatable bonds is 7. The van der Waals surface area contributed by atoms with Crippen LogP contribution in [-0.4, -0.2) is 28.3 Å². The maximum atomic E-state index is 11.2. The van der Waals surface area contributed by atoms with Crippen LogP contribution in [0.1, 0.15) is 45.1 Å². The average Bonchev–Trinajstić information content (AvgIpc) is 2.47. The van der Waals surface area contributed by atoms with Crippen LogP contribution in [0.25, 0.3) is 0 Å². The van der Waals surface area contributed by atoms with Gasteiger partial charge in [-0.3, -0.25) is 9.59 Å². The molecule has 1 aromatic carbocycles. The molecule has 1 fully saturated rings. The van der Waals surface area contributed by atoms with Gasteiger partial charge in [0.05, 0.1) is 11.7 Å². The molecule has 1 aliphatic rings. The summed E-state index contributed by atoms with van der Waals surface area (Å²) >= 11 is 0. The van der Waals surface area contributed by atoms with Crippen molar-refractivity contribution in [2.45, 2.75) is 51.2 Å². The predicted molar refractivity (Wildman–Crippen MR) is 80.5 cm³/mol. The van der Waals surface area contributed by atoms with E-state index in [2.05, 4.69) is 0 Å². The molecule has 2 rings (SSSR count). The molecule has 0 unspecified atom stereocenters. The standard InChI is InChI=1S/C17H22O5/c1-3-17(4-2,12-8-6-5-7-9-12)22-13-10-16(11-13,14(18)19)15(20)21/h5-9,13H,3-4,10-11H2,1-2H3,(H,18,19)(H,20,21). The van der Waals surface area contributed by atoms with Crippen molar-refractivity contribution in [2.75, 3.05) is 0 Å². The quantitative estimate of drug-likeness (QED) is 0.756. The van der Waals surface area contributed by atoms with Gasteiger partial charge in [0.25, 0.3) is 0 Å². The van der Waals surface area contributed by atoms with E-state index in [0.717, 1.165) is 18.4 Å². The van der Waals surface area contributed by atoms with Crippen LogP contribution >= 0.6 is 0 Å². The molecule has 1 saturated carbocycles. The van der Waals surface area contributed by atoms with E-state index in [1.54, 1.807) is 0 Å². The first-order valence-electron chi connectivity index (χ1n) is 7.60. The largest absolute Gasteiger partial charge is 0.480 e. The summed E-state index contributed by atoms with van der Waals surface area (Å²) in [6, 6.07) is 9.81. The Morgan fingerprint density at radius 1 is 1.14 bits per heavy atom. The van der Waals surface area contributed by atoms with E-state index in [1.165, 1.54) is 0 Å². The van der Waals surface area contributed by atoms with Gasteiger partial charge >= 0.3 is 11.9 Å². The van der Waals surface area contributed by atoms with Gasteiger partial charge in [0.15, 0.2) is 5.41 Å². The number of hydrogen-bond acceptors (Lipinski definition) is 3. The molecule has 0 bridgehead atoms. The Morgan fingerprint density at radius 3 is 2.05 bits per heavy atom. The maximum absolute atomic E-state index is 11.2. The molecule has 0 spiro atoms. The lowest BCUT2D eigenvalue weighted by Crippen LogP contribution is -2.55. The van der Waals surface area contributed by atoms with E-state index >= 15 is 0 Å². The molecule has 0 aromatic heterocycles. The number of hydrogen-bond donors (Lipinski definition) is 2. The zero-order valence-corrected chi connectivity index (χ0v) is 12.9. The van der Waals surface area contributed by atoms with E-state index in [9.17, 15) is 9.59 Å². The van der Waals surface area contributed by atoms with Gasteiger partial charge in [0.2, 0.25) is 0 Å². The number of carboxylic acid groups (broad SMARTS) is 2. The number of benzene rings is 1. The van der Waals surface area contributed by atoms with E-state index in [-0.39, 0.29) is 18.9 Å². The van der Waals surface area contributed by atoms with Crippen LogP contribution in [-0.2, 0) is 19.9 Å². The molecule has 1 aromatic rings. The number of carbonyl (C=O) groups is 2. The molecule has 2 N–H and O–H groups in total. The molecule has 120 valence electrons. The minimum atomic E-state index is -1.69. The molecule has 0 heterocycles. The fraction of sp³-hybridized carbons (Fsp3) is 0.529. The van der Waals surface area contributed by atoms with Crippen LogP contribution in [0.3, 0.4) is 0 Å². The van der Waals surface area contributed by atoms with Crippen molar-refractivity contribution in [3.05, 3.63) is 35.9 Å². The van der Waals surface area contributed by atoms with Crippen LogP contribution in [0.4, 0.5) is 0 Å². The van der Waals surface area contributed by atoms with Crippen molar-refractivity contribution in [1.82, 2.24) is 0 Å². The number of aliphatic carboxylic acids is 2. The Balaban J connectivity index is 2.15. The molecule has 1 aliphatic carbocycles. The Hall–Kier alpha value is -1.88. The van der Waals surface area contributed by atoms with Gasteiger partial charge in [-0.1, -0.05) is 44.2 Å². The Labute approximate surface area is 129 Å². The van der Waals surface area contributed by atoms with Crippen molar-refractivity contribution in [1.29, 1.82) is 0 Å². The Morgan fingerprint density at radius 2 is 1.64 bits per heavy atom. The average molecular weight is 306 g/mol. The van der Waals surface area contributed by atoms with Crippen LogP contribution in [0.15, 0.2) is 30.3 Å². The van der Waals surface area contributed by atoms with Crippen molar-refractivity contribution in [3.63, 3.8) is 0 Å². The molecule has 0 radical (unpaired) electrons. The van der Waals surface area contributed by atoms with Crippen molar-refractivity contribution in [2.24, 2.45) is 5.41 Å². The monoisotopic (exact) mass is 306 g/mol. The number of ether oxygens (including phenoxy) is 1. The van der Waals surface area contributed by atoms with Crippen molar-refractivity contribution < 1.29 is 24.5 Å². The summed E-state index contributed by atoms with van der Waals surface area (Å²) < 4.78 is 6.19. The second-order valence-electron chi connectivity index (χ2n) is 5.91. The zero-order valence-electron chi connectivity index (χ0n) is 12.9. The second-order valence-corrected chi connectivity index (χ2v) is 5.91.